The first-order valence-electron chi connectivity index (χ1n) is 9.88. The minimum atomic E-state index is -0.255. The fraction of sp³-hybridized carbons (Fsp3) is 0.619. The molecule has 0 radical (unpaired) electrons. The summed E-state index contributed by atoms with van der Waals surface area (Å²) in [5, 5.41) is 9.61. The molecular weight excluding hydrogens is 328 g/mol. The fourth-order valence-corrected chi connectivity index (χ4v) is 4.23. The highest BCUT2D eigenvalue weighted by Crippen LogP contribution is 2.30. The molecule has 2 aliphatic rings. The molecule has 26 heavy (non-hydrogen) atoms. The number of carbonyl (C=O) groups is 2. The number of rotatable bonds is 4. The first-order valence-corrected chi connectivity index (χ1v) is 9.88. The number of piperidine rings is 2. The van der Waals surface area contributed by atoms with Gasteiger partial charge in [0.05, 0.1) is 6.10 Å². The van der Waals surface area contributed by atoms with E-state index in [1.807, 2.05) is 40.1 Å². The molecule has 0 spiro atoms. The third kappa shape index (κ3) is 4.44. The lowest BCUT2D eigenvalue weighted by atomic mass is 9.81. The highest BCUT2D eigenvalue weighted by atomic mass is 16.3. The van der Waals surface area contributed by atoms with Crippen molar-refractivity contribution in [2.45, 2.75) is 45.1 Å². The molecule has 142 valence electrons. The smallest absolute Gasteiger partial charge is 0.253 e. The van der Waals surface area contributed by atoms with Gasteiger partial charge in [-0.25, -0.2) is 0 Å². The average molecular weight is 358 g/mol. The van der Waals surface area contributed by atoms with Crippen molar-refractivity contribution < 1.29 is 14.7 Å². The Morgan fingerprint density at radius 1 is 1.00 bits per heavy atom. The Kier molecular flexibility index (Phi) is 6.30. The zero-order chi connectivity index (χ0) is 18.5. The molecule has 2 fully saturated rings. The predicted molar refractivity (Wildman–Crippen MR) is 101 cm³/mol. The summed E-state index contributed by atoms with van der Waals surface area (Å²) < 4.78 is 0. The standard InChI is InChI=1S/C21H30N2O3/c1-2-16-15-23(21(26)17-6-4-3-5-7-17)11-8-18(16)14-20(25)22-12-9-19(24)10-13-22/h3-7,16,18-19,24H,2,8-15H2,1H3/t16-,18-/m0/s1. The summed E-state index contributed by atoms with van der Waals surface area (Å²) in [6, 6.07) is 9.44. The van der Waals surface area contributed by atoms with Crippen LogP contribution < -0.4 is 0 Å². The fourth-order valence-electron chi connectivity index (χ4n) is 4.23. The van der Waals surface area contributed by atoms with E-state index in [0.29, 0.717) is 44.2 Å². The summed E-state index contributed by atoms with van der Waals surface area (Å²) in [4.78, 5) is 29.2. The number of carbonyl (C=O) groups excluding carboxylic acids is 2. The van der Waals surface area contributed by atoms with Crippen LogP contribution >= 0.6 is 0 Å². The lowest BCUT2D eigenvalue weighted by Crippen LogP contribution is -2.46. The van der Waals surface area contributed by atoms with Gasteiger partial charge in [-0.05, 0) is 43.2 Å². The largest absolute Gasteiger partial charge is 0.393 e. The molecule has 0 saturated carbocycles. The van der Waals surface area contributed by atoms with Gasteiger partial charge in [0, 0.05) is 38.2 Å². The molecule has 1 N–H and O–H groups in total. The average Bonchev–Trinajstić information content (AvgIpc) is 2.69. The van der Waals surface area contributed by atoms with E-state index in [1.54, 1.807) is 0 Å². The Balaban J connectivity index is 1.56. The summed E-state index contributed by atoms with van der Waals surface area (Å²) in [6.07, 6.45) is 3.56. The van der Waals surface area contributed by atoms with E-state index in [-0.39, 0.29) is 17.9 Å². The predicted octanol–water partition coefficient (Wildman–Crippen LogP) is 2.55. The molecule has 0 bridgehead atoms. The van der Waals surface area contributed by atoms with Crippen molar-refractivity contribution in [1.82, 2.24) is 9.80 Å². The molecule has 1 aromatic carbocycles. The summed E-state index contributed by atoms with van der Waals surface area (Å²) in [6.45, 7) is 4.95. The SMILES string of the molecule is CC[C@H]1CN(C(=O)c2ccccc2)CC[C@H]1CC(=O)N1CCC(O)CC1. The monoisotopic (exact) mass is 358 g/mol. The second-order valence-corrected chi connectivity index (χ2v) is 7.65. The molecular formula is C21H30N2O3. The van der Waals surface area contributed by atoms with Gasteiger partial charge in [-0.15, -0.1) is 0 Å². The van der Waals surface area contributed by atoms with Crippen molar-refractivity contribution in [2.24, 2.45) is 11.8 Å². The zero-order valence-corrected chi connectivity index (χ0v) is 15.6. The molecule has 5 heteroatoms. The highest BCUT2D eigenvalue weighted by Gasteiger charge is 2.33. The number of nitrogens with zero attached hydrogens (tertiary/aromatic N) is 2. The van der Waals surface area contributed by atoms with Gasteiger partial charge < -0.3 is 14.9 Å². The number of hydrogen-bond donors (Lipinski definition) is 1. The molecule has 2 amide bonds. The van der Waals surface area contributed by atoms with Crippen LogP contribution in [0.25, 0.3) is 0 Å². The Labute approximate surface area is 156 Å². The third-order valence-corrected chi connectivity index (χ3v) is 5.98. The maximum atomic E-state index is 12.7. The maximum absolute atomic E-state index is 12.7. The maximum Gasteiger partial charge on any atom is 0.253 e. The number of benzene rings is 1. The second kappa shape index (κ2) is 8.67. The van der Waals surface area contributed by atoms with Crippen LogP contribution in [0.2, 0.25) is 0 Å². The van der Waals surface area contributed by atoms with E-state index in [4.69, 9.17) is 0 Å². The van der Waals surface area contributed by atoms with Crippen molar-refractivity contribution in [3.8, 4) is 0 Å². The molecule has 0 unspecified atom stereocenters. The zero-order valence-electron chi connectivity index (χ0n) is 15.6. The summed E-state index contributed by atoms with van der Waals surface area (Å²) >= 11 is 0. The van der Waals surface area contributed by atoms with Crippen LogP contribution in [-0.2, 0) is 4.79 Å². The van der Waals surface area contributed by atoms with E-state index in [9.17, 15) is 14.7 Å². The minimum Gasteiger partial charge on any atom is -0.393 e. The van der Waals surface area contributed by atoms with Crippen LogP contribution in [-0.4, -0.2) is 59.0 Å². The van der Waals surface area contributed by atoms with Crippen LogP contribution in [0.4, 0.5) is 0 Å². The van der Waals surface area contributed by atoms with E-state index in [0.717, 1.165) is 31.5 Å². The molecule has 2 heterocycles. The quantitative estimate of drug-likeness (QED) is 0.900. The van der Waals surface area contributed by atoms with E-state index in [2.05, 4.69) is 6.92 Å². The number of amides is 2. The van der Waals surface area contributed by atoms with Gasteiger partial charge in [0.1, 0.15) is 0 Å². The summed E-state index contributed by atoms with van der Waals surface area (Å²) in [5.41, 5.74) is 0.740. The van der Waals surface area contributed by atoms with Gasteiger partial charge in [0.15, 0.2) is 0 Å². The number of aliphatic hydroxyl groups is 1. The van der Waals surface area contributed by atoms with Crippen molar-refractivity contribution >= 4 is 11.8 Å². The van der Waals surface area contributed by atoms with Gasteiger partial charge >= 0.3 is 0 Å². The first kappa shape index (κ1) is 18.9. The Morgan fingerprint density at radius 3 is 2.31 bits per heavy atom. The molecule has 5 nitrogen and oxygen atoms in total. The van der Waals surface area contributed by atoms with Crippen LogP contribution in [0.3, 0.4) is 0 Å². The van der Waals surface area contributed by atoms with Crippen LogP contribution in [0.1, 0.15) is 49.4 Å². The van der Waals surface area contributed by atoms with E-state index in [1.165, 1.54) is 0 Å². The highest BCUT2D eigenvalue weighted by molar-refractivity contribution is 5.94. The van der Waals surface area contributed by atoms with Crippen LogP contribution in [0, 0.1) is 11.8 Å². The van der Waals surface area contributed by atoms with E-state index >= 15 is 0 Å². The molecule has 0 aliphatic carbocycles. The minimum absolute atomic E-state index is 0.0962. The number of likely N-dealkylation sites (tertiary alicyclic amines) is 2. The lowest BCUT2D eigenvalue weighted by molar-refractivity contribution is -0.135. The Hall–Kier alpha value is -1.88. The molecule has 0 aromatic heterocycles. The van der Waals surface area contributed by atoms with Crippen molar-refractivity contribution in [1.29, 1.82) is 0 Å². The van der Waals surface area contributed by atoms with Crippen LogP contribution in [0.15, 0.2) is 30.3 Å². The Bertz CT molecular complexity index is 611. The topological polar surface area (TPSA) is 60.9 Å². The molecule has 2 atom stereocenters. The van der Waals surface area contributed by atoms with Gasteiger partial charge in [-0.2, -0.15) is 0 Å². The molecule has 3 rings (SSSR count). The van der Waals surface area contributed by atoms with Crippen molar-refractivity contribution in [3.63, 3.8) is 0 Å². The third-order valence-electron chi connectivity index (χ3n) is 5.98. The van der Waals surface area contributed by atoms with Crippen LogP contribution in [0.5, 0.6) is 0 Å². The second-order valence-electron chi connectivity index (χ2n) is 7.65. The number of aliphatic hydroxyl groups excluding tert-OH is 1. The Morgan fingerprint density at radius 2 is 1.65 bits per heavy atom. The van der Waals surface area contributed by atoms with Gasteiger partial charge in [-0.3, -0.25) is 9.59 Å². The van der Waals surface area contributed by atoms with E-state index < -0.39 is 0 Å². The summed E-state index contributed by atoms with van der Waals surface area (Å²) in [7, 11) is 0. The number of hydrogen-bond acceptors (Lipinski definition) is 3. The molecule has 2 saturated heterocycles. The molecule has 2 aliphatic heterocycles. The molecule has 1 aromatic rings. The van der Waals surface area contributed by atoms with Gasteiger partial charge in [0.2, 0.25) is 5.91 Å². The van der Waals surface area contributed by atoms with Gasteiger partial charge in [0.25, 0.3) is 5.91 Å². The normalized spacial score (nSPS) is 24.5. The van der Waals surface area contributed by atoms with Crippen molar-refractivity contribution in [2.75, 3.05) is 26.2 Å². The lowest BCUT2D eigenvalue weighted by Gasteiger charge is -2.39. The first-order chi connectivity index (χ1) is 12.6. The van der Waals surface area contributed by atoms with Crippen molar-refractivity contribution in [3.05, 3.63) is 35.9 Å². The summed E-state index contributed by atoms with van der Waals surface area (Å²) in [5.74, 6) is 1.02. The van der Waals surface area contributed by atoms with Gasteiger partial charge in [-0.1, -0.05) is 31.5 Å².